The number of rotatable bonds is 5. The second-order valence-electron chi connectivity index (χ2n) is 5.46. The third kappa shape index (κ3) is 3.68. The molecule has 2 heterocycles. The number of hydrogen-bond donors (Lipinski definition) is 0. The van der Waals surface area contributed by atoms with Crippen LogP contribution in [0, 0.1) is 10.1 Å². The predicted octanol–water partition coefficient (Wildman–Crippen LogP) is 3.94. The second kappa shape index (κ2) is 7.28. The molecule has 0 radical (unpaired) electrons. The zero-order valence-electron chi connectivity index (χ0n) is 13.7. The van der Waals surface area contributed by atoms with E-state index in [1.54, 1.807) is 36.4 Å². The van der Waals surface area contributed by atoms with Gasteiger partial charge in [-0.05, 0) is 36.4 Å². The van der Waals surface area contributed by atoms with Gasteiger partial charge in [0.25, 0.3) is 5.69 Å². The van der Waals surface area contributed by atoms with E-state index in [0.29, 0.717) is 5.69 Å². The topological polar surface area (TPSA) is 90.9 Å². The summed E-state index contributed by atoms with van der Waals surface area (Å²) in [6, 6.07) is 7.61. The number of ketones is 1. The Morgan fingerprint density at radius 1 is 1.27 bits per heavy atom. The minimum absolute atomic E-state index is 0.0113. The highest BCUT2D eigenvalue weighted by Gasteiger charge is 2.15. The van der Waals surface area contributed by atoms with E-state index in [9.17, 15) is 14.9 Å². The quantitative estimate of drug-likeness (QED) is 0.294. The van der Waals surface area contributed by atoms with Crippen LogP contribution in [0.15, 0.2) is 55.0 Å². The van der Waals surface area contributed by atoms with E-state index >= 15 is 0 Å². The van der Waals surface area contributed by atoms with E-state index in [4.69, 9.17) is 11.6 Å². The lowest BCUT2D eigenvalue weighted by Crippen LogP contribution is -1.97. The Hall–Kier alpha value is -3.32. The number of aryl methyl sites for hydroxylation is 1. The van der Waals surface area contributed by atoms with Crippen molar-refractivity contribution in [2.24, 2.45) is 7.05 Å². The fourth-order valence-electron chi connectivity index (χ4n) is 2.43. The maximum Gasteiger partial charge on any atom is 0.288 e. The van der Waals surface area contributed by atoms with Crippen LogP contribution in [0.2, 0.25) is 5.02 Å². The highest BCUT2D eigenvalue weighted by molar-refractivity contribution is 6.32. The van der Waals surface area contributed by atoms with E-state index < -0.39 is 4.92 Å². The van der Waals surface area contributed by atoms with Crippen molar-refractivity contribution in [1.82, 2.24) is 14.8 Å². The van der Waals surface area contributed by atoms with E-state index in [-0.39, 0.29) is 22.1 Å². The van der Waals surface area contributed by atoms with Gasteiger partial charge in [0, 0.05) is 48.4 Å². The highest BCUT2D eigenvalue weighted by Crippen LogP contribution is 2.26. The fraction of sp³-hybridized carbons (Fsp3) is 0.0556. The zero-order valence-corrected chi connectivity index (χ0v) is 14.4. The van der Waals surface area contributed by atoms with Crippen LogP contribution >= 0.6 is 11.6 Å². The molecule has 130 valence electrons. The molecule has 0 atom stereocenters. The minimum atomic E-state index is -0.620. The molecule has 0 amide bonds. The molecule has 0 bridgehead atoms. The Labute approximate surface area is 153 Å². The van der Waals surface area contributed by atoms with Crippen molar-refractivity contribution >= 4 is 29.1 Å². The van der Waals surface area contributed by atoms with Gasteiger partial charge in [-0.3, -0.25) is 24.6 Å². The smallest absolute Gasteiger partial charge is 0.288 e. The van der Waals surface area contributed by atoms with Gasteiger partial charge in [-0.15, -0.1) is 0 Å². The number of nitro groups is 1. The maximum atomic E-state index is 12.4. The van der Waals surface area contributed by atoms with Crippen LogP contribution in [-0.2, 0) is 7.05 Å². The summed E-state index contributed by atoms with van der Waals surface area (Å²) in [7, 11) is 1.78. The molecular weight excluding hydrogens is 356 g/mol. The summed E-state index contributed by atoms with van der Waals surface area (Å²) in [4.78, 5) is 26.7. The summed E-state index contributed by atoms with van der Waals surface area (Å²) in [6.45, 7) is 0. The number of nitro benzene ring substituents is 1. The van der Waals surface area contributed by atoms with Crippen LogP contribution in [0.4, 0.5) is 5.69 Å². The molecule has 1 aromatic carbocycles. The van der Waals surface area contributed by atoms with E-state index in [2.05, 4.69) is 10.1 Å². The van der Waals surface area contributed by atoms with E-state index in [1.807, 2.05) is 12.1 Å². The zero-order chi connectivity index (χ0) is 18.7. The van der Waals surface area contributed by atoms with Gasteiger partial charge >= 0.3 is 0 Å². The van der Waals surface area contributed by atoms with Gasteiger partial charge in [-0.25, -0.2) is 0 Å². The van der Waals surface area contributed by atoms with Gasteiger partial charge < -0.3 is 0 Å². The van der Waals surface area contributed by atoms with Crippen LogP contribution in [0.5, 0.6) is 0 Å². The number of nitrogens with zero attached hydrogens (tertiary/aromatic N) is 4. The van der Waals surface area contributed by atoms with Crippen LogP contribution in [-0.4, -0.2) is 25.5 Å². The molecule has 8 heteroatoms. The number of carbonyl (C=O) groups is 1. The van der Waals surface area contributed by atoms with Crippen molar-refractivity contribution in [3.8, 4) is 11.3 Å². The lowest BCUT2D eigenvalue weighted by Gasteiger charge is -1.99. The monoisotopic (exact) mass is 368 g/mol. The maximum absolute atomic E-state index is 12.4. The fourth-order valence-corrected chi connectivity index (χ4v) is 2.62. The number of halogens is 1. The summed E-state index contributed by atoms with van der Waals surface area (Å²) in [6.07, 6.45) is 8.09. The highest BCUT2D eigenvalue weighted by atomic mass is 35.5. The van der Waals surface area contributed by atoms with Gasteiger partial charge in [0.05, 0.1) is 10.6 Å². The molecule has 0 fully saturated rings. The van der Waals surface area contributed by atoms with Crippen molar-refractivity contribution in [2.45, 2.75) is 0 Å². The summed E-state index contributed by atoms with van der Waals surface area (Å²) in [5.41, 5.74) is 2.21. The molecule has 0 spiro atoms. The Bertz CT molecular complexity index is 1010. The molecular formula is C18H13ClN4O3. The van der Waals surface area contributed by atoms with Gasteiger partial charge in [-0.2, -0.15) is 5.10 Å². The largest absolute Gasteiger partial charge is 0.289 e. The number of pyridine rings is 1. The second-order valence-corrected chi connectivity index (χ2v) is 5.87. The summed E-state index contributed by atoms with van der Waals surface area (Å²) < 4.78 is 1.65. The van der Waals surface area contributed by atoms with Crippen LogP contribution in [0.25, 0.3) is 17.3 Å². The first-order valence-electron chi connectivity index (χ1n) is 7.56. The van der Waals surface area contributed by atoms with E-state index in [1.165, 1.54) is 24.3 Å². The molecule has 3 rings (SSSR count). The molecule has 0 saturated carbocycles. The lowest BCUT2D eigenvalue weighted by atomic mass is 10.1. The number of hydrogen-bond acceptors (Lipinski definition) is 5. The normalized spacial score (nSPS) is 11.0. The molecule has 0 N–H and O–H groups in total. The molecule has 0 aliphatic carbocycles. The van der Waals surface area contributed by atoms with Gasteiger partial charge in [0.15, 0.2) is 5.78 Å². The predicted molar refractivity (Wildman–Crippen MR) is 97.9 cm³/mol. The van der Waals surface area contributed by atoms with Crippen molar-refractivity contribution in [3.05, 3.63) is 81.3 Å². The standard InChI is InChI=1S/C18H13ClN4O3/c1-22-11-14(18(21-22)12-6-8-20-9-7-12)3-5-17(24)13-2-4-15(19)16(10-13)23(25)26/h2-11H,1H3/b5-3+. The molecule has 2 aromatic heterocycles. The molecule has 0 aliphatic heterocycles. The Morgan fingerprint density at radius 2 is 2.00 bits per heavy atom. The molecule has 3 aromatic rings. The van der Waals surface area contributed by atoms with E-state index in [0.717, 1.165) is 11.1 Å². The number of allylic oxidation sites excluding steroid dienone is 1. The number of aromatic nitrogens is 3. The summed E-state index contributed by atoms with van der Waals surface area (Å²) in [5.74, 6) is -0.366. The third-order valence-electron chi connectivity index (χ3n) is 3.65. The van der Waals surface area contributed by atoms with Crippen molar-refractivity contribution < 1.29 is 9.72 Å². The lowest BCUT2D eigenvalue weighted by molar-refractivity contribution is -0.384. The third-order valence-corrected chi connectivity index (χ3v) is 3.97. The Kier molecular flexibility index (Phi) is 4.90. The average molecular weight is 369 g/mol. The Morgan fingerprint density at radius 3 is 2.69 bits per heavy atom. The first-order chi connectivity index (χ1) is 12.5. The SMILES string of the molecule is Cn1cc(/C=C/C(=O)c2ccc(Cl)c([N+](=O)[O-])c2)c(-c2ccncc2)n1. The molecule has 7 nitrogen and oxygen atoms in total. The first kappa shape index (κ1) is 17.5. The van der Waals surface area contributed by atoms with Crippen molar-refractivity contribution in [1.29, 1.82) is 0 Å². The van der Waals surface area contributed by atoms with Gasteiger partial charge in [0.2, 0.25) is 0 Å². The summed E-state index contributed by atoms with van der Waals surface area (Å²) >= 11 is 5.77. The number of benzene rings is 1. The average Bonchev–Trinajstić information content (AvgIpc) is 3.01. The van der Waals surface area contributed by atoms with Crippen LogP contribution in [0.1, 0.15) is 15.9 Å². The first-order valence-corrected chi connectivity index (χ1v) is 7.94. The van der Waals surface area contributed by atoms with Crippen LogP contribution in [0.3, 0.4) is 0 Å². The van der Waals surface area contributed by atoms with Crippen molar-refractivity contribution in [3.63, 3.8) is 0 Å². The minimum Gasteiger partial charge on any atom is -0.289 e. The van der Waals surface area contributed by atoms with Gasteiger partial charge in [-0.1, -0.05) is 11.6 Å². The number of carbonyl (C=O) groups excluding carboxylic acids is 1. The van der Waals surface area contributed by atoms with Crippen molar-refractivity contribution in [2.75, 3.05) is 0 Å². The molecule has 26 heavy (non-hydrogen) atoms. The Balaban J connectivity index is 1.90. The molecule has 0 aliphatic rings. The van der Waals surface area contributed by atoms with Crippen LogP contribution < -0.4 is 0 Å². The molecule has 0 unspecified atom stereocenters. The summed E-state index contributed by atoms with van der Waals surface area (Å²) in [5, 5.41) is 15.3. The van der Waals surface area contributed by atoms with Gasteiger partial charge in [0.1, 0.15) is 5.02 Å². The molecule has 0 saturated heterocycles.